The molecule has 0 unspecified atom stereocenters. The third-order valence-electron chi connectivity index (χ3n) is 4.32. The zero-order chi connectivity index (χ0) is 19.0. The molecule has 0 spiro atoms. The highest BCUT2D eigenvalue weighted by molar-refractivity contribution is 7.90. The van der Waals surface area contributed by atoms with Gasteiger partial charge in [0, 0.05) is 17.3 Å². The van der Waals surface area contributed by atoms with E-state index in [-0.39, 0.29) is 10.5 Å². The van der Waals surface area contributed by atoms with Crippen LogP contribution in [0.25, 0.3) is 22.4 Å². The predicted molar refractivity (Wildman–Crippen MR) is 101 cm³/mol. The summed E-state index contributed by atoms with van der Waals surface area (Å²) < 4.78 is 47.1. The van der Waals surface area contributed by atoms with Gasteiger partial charge in [0.1, 0.15) is 5.82 Å². The molecule has 2 aromatic carbocycles. The molecule has 0 N–H and O–H groups in total. The summed E-state index contributed by atoms with van der Waals surface area (Å²) >= 11 is 0. The predicted octanol–water partition coefficient (Wildman–Crippen LogP) is 5.10. The smallest absolute Gasteiger partial charge is 0.268 e. The van der Waals surface area contributed by atoms with E-state index in [0.29, 0.717) is 5.69 Å². The molecule has 4 nitrogen and oxygen atoms in total. The summed E-state index contributed by atoms with van der Waals surface area (Å²) in [5.74, 6) is -0.473. The Bertz CT molecular complexity index is 1210. The Balaban J connectivity index is 1.87. The third kappa shape index (κ3) is 3.08. The molecule has 2 aromatic heterocycles. The van der Waals surface area contributed by atoms with E-state index >= 15 is 0 Å². The van der Waals surface area contributed by atoms with Crippen LogP contribution in [0.1, 0.15) is 5.56 Å². The molecule has 4 aromatic rings. The van der Waals surface area contributed by atoms with Crippen LogP contribution in [0, 0.1) is 12.7 Å². The molecule has 27 heavy (non-hydrogen) atoms. The molecular weight excluding hydrogens is 365 g/mol. The van der Waals surface area contributed by atoms with E-state index in [9.17, 15) is 12.8 Å². The second kappa shape index (κ2) is 6.55. The minimum Gasteiger partial charge on any atom is -0.472 e. The van der Waals surface area contributed by atoms with Crippen molar-refractivity contribution in [3.63, 3.8) is 0 Å². The Labute approximate surface area is 156 Å². The average Bonchev–Trinajstić information content (AvgIpc) is 3.32. The molecule has 0 saturated carbocycles. The summed E-state index contributed by atoms with van der Waals surface area (Å²) in [6.45, 7) is 1.78. The van der Waals surface area contributed by atoms with Crippen molar-refractivity contribution in [2.45, 2.75) is 11.8 Å². The van der Waals surface area contributed by atoms with Gasteiger partial charge < -0.3 is 4.42 Å². The van der Waals surface area contributed by atoms with Crippen molar-refractivity contribution in [2.24, 2.45) is 0 Å². The Morgan fingerprint density at radius 3 is 2.52 bits per heavy atom. The molecule has 0 amide bonds. The van der Waals surface area contributed by atoms with Gasteiger partial charge in [0.2, 0.25) is 0 Å². The second-order valence-corrected chi connectivity index (χ2v) is 8.04. The van der Waals surface area contributed by atoms with E-state index in [1.54, 1.807) is 55.7 Å². The van der Waals surface area contributed by atoms with Crippen LogP contribution in [0.4, 0.5) is 4.39 Å². The van der Waals surface area contributed by atoms with Crippen molar-refractivity contribution in [3.8, 4) is 22.4 Å². The van der Waals surface area contributed by atoms with Crippen molar-refractivity contribution in [1.82, 2.24) is 3.97 Å². The Morgan fingerprint density at radius 1 is 0.963 bits per heavy atom. The maximum absolute atomic E-state index is 14.3. The average molecular weight is 381 g/mol. The molecule has 0 aliphatic rings. The fraction of sp³-hybridized carbons (Fsp3) is 0.0476. The Hall–Kier alpha value is -3.12. The van der Waals surface area contributed by atoms with Crippen LogP contribution in [0.15, 0.2) is 88.7 Å². The maximum atomic E-state index is 14.3. The second-order valence-electron chi connectivity index (χ2n) is 6.22. The van der Waals surface area contributed by atoms with Crippen LogP contribution >= 0.6 is 0 Å². The quantitative estimate of drug-likeness (QED) is 0.494. The molecular formula is C21H16FNO3S. The van der Waals surface area contributed by atoms with Crippen LogP contribution in [-0.4, -0.2) is 12.4 Å². The largest absolute Gasteiger partial charge is 0.472 e. The zero-order valence-corrected chi connectivity index (χ0v) is 15.3. The molecule has 0 aliphatic carbocycles. The minimum atomic E-state index is -3.91. The number of halogens is 1. The number of aryl methyl sites for hydroxylation is 1. The summed E-state index contributed by atoms with van der Waals surface area (Å²) in [5.41, 5.74) is 2.76. The number of furan rings is 1. The highest BCUT2D eigenvalue weighted by Crippen LogP contribution is 2.30. The molecule has 0 saturated heterocycles. The number of hydrogen-bond acceptors (Lipinski definition) is 3. The van der Waals surface area contributed by atoms with Gasteiger partial charge in [0.05, 0.1) is 23.1 Å². The van der Waals surface area contributed by atoms with E-state index in [4.69, 9.17) is 4.42 Å². The van der Waals surface area contributed by atoms with Crippen LogP contribution in [0.3, 0.4) is 0 Å². The van der Waals surface area contributed by atoms with Crippen molar-refractivity contribution in [1.29, 1.82) is 0 Å². The first-order valence-corrected chi connectivity index (χ1v) is 9.73. The highest BCUT2D eigenvalue weighted by atomic mass is 32.2. The van der Waals surface area contributed by atoms with Gasteiger partial charge in [-0.05, 0) is 54.4 Å². The molecule has 6 heteroatoms. The van der Waals surface area contributed by atoms with E-state index in [1.165, 1.54) is 24.6 Å². The lowest BCUT2D eigenvalue weighted by atomic mass is 10.1. The van der Waals surface area contributed by atoms with Gasteiger partial charge in [-0.3, -0.25) is 0 Å². The number of nitrogens with zero attached hydrogens (tertiary/aromatic N) is 1. The van der Waals surface area contributed by atoms with Gasteiger partial charge in [-0.25, -0.2) is 16.8 Å². The third-order valence-corrected chi connectivity index (χ3v) is 5.99. The molecule has 4 rings (SSSR count). The minimum absolute atomic E-state index is 0.120. The first-order valence-electron chi connectivity index (χ1n) is 8.29. The molecule has 0 atom stereocenters. The molecule has 0 bridgehead atoms. The summed E-state index contributed by atoms with van der Waals surface area (Å²) in [5, 5.41) is 0. The normalized spacial score (nSPS) is 11.6. The molecule has 0 aliphatic heterocycles. The lowest BCUT2D eigenvalue weighted by Gasteiger charge is -2.12. The zero-order valence-electron chi connectivity index (χ0n) is 14.5. The Kier molecular flexibility index (Phi) is 4.20. The van der Waals surface area contributed by atoms with E-state index < -0.39 is 15.8 Å². The number of aromatic nitrogens is 1. The summed E-state index contributed by atoms with van der Waals surface area (Å²) in [6.07, 6.45) is 4.58. The van der Waals surface area contributed by atoms with Crippen LogP contribution in [0.2, 0.25) is 0 Å². The standard InChI is InChI=1S/C21H16FNO3S/c1-15-11-21(19-7-2-3-8-20(19)22)23(13-15)27(24,25)18-6-4-5-16(12-18)17-9-10-26-14-17/h2-14H,1H3. The van der Waals surface area contributed by atoms with Crippen LogP contribution in [-0.2, 0) is 10.0 Å². The van der Waals surface area contributed by atoms with Crippen molar-refractivity contribution in [2.75, 3.05) is 0 Å². The van der Waals surface area contributed by atoms with Gasteiger partial charge >= 0.3 is 0 Å². The maximum Gasteiger partial charge on any atom is 0.268 e. The van der Waals surface area contributed by atoms with Crippen LogP contribution in [0.5, 0.6) is 0 Å². The van der Waals surface area contributed by atoms with Crippen molar-refractivity contribution in [3.05, 3.63) is 90.8 Å². The fourth-order valence-electron chi connectivity index (χ4n) is 3.01. The van der Waals surface area contributed by atoms with Gasteiger partial charge in [0.25, 0.3) is 10.0 Å². The van der Waals surface area contributed by atoms with E-state index in [1.807, 2.05) is 6.07 Å². The summed E-state index contributed by atoms with van der Waals surface area (Å²) in [4.78, 5) is 0.120. The van der Waals surface area contributed by atoms with Gasteiger partial charge in [-0.1, -0.05) is 24.3 Å². The summed E-state index contributed by atoms with van der Waals surface area (Å²) in [7, 11) is -3.91. The van der Waals surface area contributed by atoms with Crippen molar-refractivity contribution >= 4 is 10.0 Å². The van der Waals surface area contributed by atoms with Gasteiger partial charge in [0.15, 0.2) is 0 Å². The first-order chi connectivity index (χ1) is 13.0. The SMILES string of the molecule is Cc1cc(-c2ccccc2F)n(S(=O)(=O)c2cccc(-c3ccoc3)c2)c1. The first kappa shape index (κ1) is 17.3. The highest BCUT2D eigenvalue weighted by Gasteiger charge is 2.23. The van der Waals surface area contributed by atoms with Crippen LogP contribution < -0.4 is 0 Å². The lowest BCUT2D eigenvalue weighted by Crippen LogP contribution is -2.13. The molecule has 2 heterocycles. The summed E-state index contributed by atoms with van der Waals surface area (Å²) in [6, 6.07) is 16.1. The molecule has 0 fully saturated rings. The molecule has 0 radical (unpaired) electrons. The van der Waals surface area contributed by atoms with Gasteiger partial charge in [-0.15, -0.1) is 0 Å². The van der Waals surface area contributed by atoms with E-state index in [0.717, 1.165) is 20.7 Å². The number of rotatable bonds is 4. The van der Waals surface area contributed by atoms with E-state index in [2.05, 4.69) is 0 Å². The number of hydrogen-bond donors (Lipinski definition) is 0. The fourth-order valence-corrected chi connectivity index (χ4v) is 4.48. The number of benzene rings is 2. The Morgan fingerprint density at radius 2 is 1.78 bits per heavy atom. The molecule has 136 valence electrons. The monoisotopic (exact) mass is 381 g/mol. The van der Waals surface area contributed by atoms with Crippen molar-refractivity contribution < 1.29 is 17.2 Å². The topological polar surface area (TPSA) is 52.2 Å². The lowest BCUT2D eigenvalue weighted by molar-refractivity contribution is 0.568. The van der Waals surface area contributed by atoms with Gasteiger partial charge in [-0.2, -0.15) is 0 Å².